The molecule has 0 aromatic rings. The molecular weight excluding hydrogens is 155 g/mol. The second-order valence-electron chi connectivity index (χ2n) is 2.66. The van der Waals surface area contributed by atoms with Crippen LogP contribution in [0.15, 0.2) is 0 Å². The van der Waals surface area contributed by atoms with Crippen LogP contribution in [0, 0.1) is 0 Å². The molecule has 1 aliphatic rings. The predicted octanol–water partition coefficient (Wildman–Crippen LogP) is -1.22. The second kappa shape index (κ2) is 3.02. The molecule has 5 atom stereocenters. The first-order valence-corrected chi connectivity index (χ1v) is 3.37. The molecule has 11 heavy (non-hydrogen) atoms. The van der Waals surface area contributed by atoms with Gasteiger partial charge in [-0.3, -0.25) is 0 Å². The van der Waals surface area contributed by atoms with E-state index in [0.717, 1.165) is 0 Å². The van der Waals surface area contributed by atoms with Gasteiger partial charge in [-0.1, -0.05) is 0 Å². The fourth-order valence-corrected chi connectivity index (χ4v) is 1.00. The SMILES string of the molecule is C[C@@H]1O[C@@H](F)[C@@H](O)[C@H](O)[C@@H]1O. The highest BCUT2D eigenvalue weighted by Gasteiger charge is 2.41. The van der Waals surface area contributed by atoms with E-state index in [2.05, 4.69) is 4.74 Å². The summed E-state index contributed by atoms with van der Waals surface area (Å²) in [5, 5.41) is 26.8. The van der Waals surface area contributed by atoms with E-state index >= 15 is 0 Å². The van der Waals surface area contributed by atoms with Gasteiger partial charge < -0.3 is 20.1 Å². The molecule has 0 aromatic heterocycles. The molecule has 0 amide bonds. The summed E-state index contributed by atoms with van der Waals surface area (Å²) in [4.78, 5) is 0. The minimum Gasteiger partial charge on any atom is -0.388 e. The van der Waals surface area contributed by atoms with Gasteiger partial charge in [-0.25, -0.2) is 4.39 Å². The second-order valence-corrected chi connectivity index (χ2v) is 2.66. The van der Waals surface area contributed by atoms with Crippen molar-refractivity contribution < 1.29 is 24.4 Å². The minimum absolute atomic E-state index is 0.789. The molecule has 5 heteroatoms. The molecule has 3 N–H and O–H groups in total. The van der Waals surface area contributed by atoms with E-state index in [1.165, 1.54) is 6.92 Å². The number of ether oxygens (including phenoxy) is 1. The number of alkyl halides is 1. The van der Waals surface area contributed by atoms with Crippen molar-refractivity contribution in [2.45, 2.75) is 37.7 Å². The summed E-state index contributed by atoms with van der Waals surface area (Å²) in [5.74, 6) is 0. The Labute approximate surface area is 63.2 Å². The van der Waals surface area contributed by atoms with Crippen molar-refractivity contribution in [2.24, 2.45) is 0 Å². The van der Waals surface area contributed by atoms with Crippen molar-refractivity contribution in [2.75, 3.05) is 0 Å². The molecule has 0 radical (unpaired) electrons. The normalized spacial score (nSPS) is 52.6. The summed E-state index contributed by atoms with van der Waals surface area (Å²) >= 11 is 0. The Balaban J connectivity index is 2.63. The van der Waals surface area contributed by atoms with E-state index in [0.29, 0.717) is 0 Å². The molecule has 4 nitrogen and oxygen atoms in total. The lowest BCUT2D eigenvalue weighted by molar-refractivity contribution is -0.252. The molecular formula is C6H11FO4. The van der Waals surface area contributed by atoms with Gasteiger partial charge in [0.2, 0.25) is 6.36 Å². The van der Waals surface area contributed by atoms with Crippen molar-refractivity contribution in [1.29, 1.82) is 0 Å². The lowest BCUT2D eigenvalue weighted by Crippen LogP contribution is -2.55. The summed E-state index contributed by atoms with van der Waals surface area (Å²) in [6.45, 7) is 1.42. The van der Waals surface area contributed by atoms with Gasteiger partial charge in [-0.15, -0.1) is 0 Å². The van der Waals surface area contributed by atoms with E-state index in [4.69, 9.17) is 15.3 Å². The maximum absolute atomic E-state index is 12.5. The minimum atomic E-state index is -1.91. The van der Waals surface area contributed by atoms with Gasteiger partial charge in [0.05, 0.1) is 6.10 Å². The number of hydrogen-bond donors (Lipinski definition) is 3. The Hall–Kier alpha value is -0.230. The molecule has 1 aliphatic heterocycles. The number of halogens is 1. The number of rotatable bonds is 0. The summed E-state index contributed by atoms with van der Waals surface area (Å²) in [6.07, 6.45) is -7.04. The van der Waals surface area contributed by atoms with Gasteiger partial charge in [0.15, 0.2) is 0 Å². The number of aliphatic hydroxyl groups is 3. The fraction of sp³-hybridized carbons (Fsp3) is 1.00. The molecule has 1 fully saturated rings. The Morgan fingerprint density at radius 1 is 1.09 bits per heavy atom. The maximum Gasteiger partial charge on any atom is 0.228 e. The van der Waals surface area contributed by atoms with Crippen LogP contribution in [0.4, 0.5) is 4.39 Å². The first kappa shape index (κ1) is 8.86. The van der Waals surface area contributed by atoms with E-state index in [9.17, 15) is 4.39 Å². The zero-order valence-electron chi connectivity index (χ0n) is 6.01. The van der Waals surface area contributed by atoms with Crippen molar-refractivity contribution in [3.8, 4) is 0 Å². The molecule has 0 saturated carbocycles. The van der Waals surface area contributed by atoms with Crippen LogP contribution in [0.25, 0.3) is 0 Å². The lowest BCUT2D eigenvalue weighted by Gasteiger charge is -2.35. The van der Waals surface area contributed by atoms with Gasteiger partial charge in [-0.05, 0) is 6.92 Å². The van der Waals surface area contributed by atoms with Crippen LogP contribution in [-0.4, -0.2) is 46.1 Å². The van der Waals surface area contributed by atoms with Crippen LogP contribution in [0.2, 0.25) is 0 Å². The average Bonchev–Trinajstić information content (AvgIpc) is 1.97. The molecule has 0 aromatic carbocycles. The van der Waals surface area contributed by atoms with Gasteiger partial charge in [-0.2, -0.15) is 0 Å². The quantitative estimate of drug-likeness (QED) is 0.422. The van der Waals surface area contributed by atoms with Crippen molar-refractivity contribution in [3.05, 3.63) is 0 Å². The van der Waals surface area contributed by atoms with Crippen molar-refractivity contribution in [1.82, 2.24) is 0 Å². The molecule has 1 saturated heterocycles. The van der Waals surface area contributed by atoms with E-state index in [1.54, 1.807) is 0 Å². The van der Waals surface area contributed by atoms with Gasteiger partial charge in [0, 0.05) is 0 Å². The van der Waals surface area contributed by atoms with Crippen LogP contribution < -0.4 is 0 Å². The Morgan fingerprint density at radius 2 is 1.64 bits per heavy atom. The van der Waals surface area contributed by atoms with E-state index in [-0.39, 0.29) is 0 Å². The first-order chi connectivity index (χ1) is 5.04. The van der Waals surface area contributed by atoms with Gasteiger partial charge in [0.25, 0.3) is 0 Å². The van der Waals surface area contributed by atoms with Gasteiger partial charge >= 0.3 is 0 Å². The Bertz CT molecular complexity index is 129. The Kier molecular flexibility index (Phi) is 2.43. The zero-order chi connectivity index (χ0) is 8.59. The largest absolute Gasteiger partial charge is 0.388 e. The average molecular weight is 166 g/mol. The molecule has 0 spiro atoms. The van der Waals surface area contributed by atoms with E-state index in [1.807, 2.05) is 0 Å². The summed E-state index contributed by atoms with van der Waals surface area (Å²) in [5.41, 5.74) is 0. The van der Waals surface area contributed by atoms with Crippen LogP contribution in [0.1, 0.15) is 6.92 Å². The van der Waals surface area contributed by atoms with Crippen LogP contribution >= 0.6 is 0 Å². The highest BCUT2D eigenvalue weighted by molar-refractivity contribution is 4.86. The number of hydrogen-bond acceptors (Lipinski definition) is 4. The summed E-state index contributed by atoms with van der Waals surface area (Å²) in [6, 6.07) is 0. The van der Waals surface area contributed by atoms with Gasteiger partial charge in [0.1, 0.15) is 18.3 Å². The number of aliphatic hydroxyl groups excluding tert-OH is 3. The maximum atomic E-state index is 12.5. The lowest BCUT2D eigenvalue weighted by atomic mass is 10.0. The van der Waals surface area contributed by atoms with Crippen molar-refractivity contribution >= 4 is 0 Å². The zero-order valence-corrected chi connectivity index (χ0v) is 6.01. The molecule has 0 unspecified atom stereocenters. The monoisotopic (exact) mass is 166 g/mol. The highest BCUT2D eigenvalue weighted by Crippen LogP contribution is 2.21. The van der Waals surface area contributed by atoms with Crippen LogP contribution in [-0.2, 0) is 4.74 Å². The molecule has 0 aliphatic carbocycles. The summed E-state index contributed by atoms with van der Waals surface area (Å²) < 4.78 is 17.0. The molecule has 66 valence electrons. The van der Waals surface area contributed by atoms with Crippen LogP contribution in [0.5, 0.6) is 0 Å². The third-order valence-corrected chi connectivity index (χ3v) is 1.79. The van der Waals surface area contributed by atoms with Crippen LogP contribution in [0.3, 0.4) is 0 Å². The topological polar surface area (TPSA) is 69.9 Å². The highest BCUT2D eigenvalue weighted by atomic mass is 19.1. The molecule has 1 rings (SSSR count). The smallest absolute Gasteiger partial charge is 0.228 e. The Morgan fingerprint density at radius 3 is 2.18 bits per heavy atom. The van der Waals surface area contributed by atoms with Crippen molar-refractivity contribution in [3.63, 3.8) is 0 Å². The standard InChI is InChI=1S/C6H11FO4/c1-2-3(8)4(9)5(10)6(7)11-2/h2-6,8-10H,1H3/t2-,3+,4+,5-,6+/m0/s1. The fourth-order valence-electron chi connectivity index (χ4n) is 1.00. The first-order valence-electron chi connectivity index (χ1n) is 3.37. The predicted molar refractivity (Wildman–Crippen MR) is 33.5 cm³/mol. The molecule has 0 bridgehead atoms. The third-order valence-electron chi connectivity index (χ3n) is 1.79. The van der Waals surface area contributed by atoms with E-state index < -0.39 is 30.8 Å². The molecule has 1 heterocycles. The third kappa shape index (κ3) is 1.51. The summed E-state index contributed by atoms with van der Waals surface area (Å²) in [7, 11) is 0.